The zero-order chi connectivity index (χ0) is 23.2. The number of nitrogens with one attached hydrogen (secondary N) is 1. The van der Waals surface area contributed by atoms with E-state index < -0.39 is 29.6 Å². The Kier molecular flexibility index (Phi) is 5.27. The van der Waals surface area contributed by atoms with Crippen molar-refractivity contribution >= 4 is 22.7 Å². The third-order valence-corrected chi connectivity index (χ3v) is 5.15. The smallest absolute Gasteiger partial charge is 0.408 e. The molecule has 0 fully saturated rings. The molecule has 168 valence electrons. The number of amides is 1. The number of nitrogens with zero attached hydrogens (tertiary/aromatic N) is 4. The number of halogens is 3. The van der Waals surface area contributed by atoms with Crippen LogP contribution in [0.25, 0.3) is 16.7 Å². The summed E-state index contributed by atoms with van der Waals surface area (Å²) in [5.74, 6) is -1.32. The zero-order valence-corrected chi connectivity index (χ0v) is 17.5. The molecule has 1 amide bonds. The lowest BCUT2D eigenvalue weighted by Gasteiger charge is -2.22. The van der Waals surface area contributed by atoms with Gasteiger partial charge in [0, 0.05) is 24.3 Å². The van der Waals surface area contributed by atoms with Crippen LogP contribution >= 0.6 is 0 Å². The number of alkyl halides is 3. The normalized spacial score (nSPS) is 13.2. The molecule has 0 saturated heterocycles. The Bertz CT molecular complexity index is 1370. The molecule has 0 spiro atoms. The molecular weight excluding hydrogens is 427 g/mol. The SMILES string of the molecule is Cc1cc(C(F)(F)F)n2nc(C(=O)N[C@@H](Cn3c(=O)oc4ccccc43)C(C)C)cc2n1. The number of hydrogen-bond donors (Lipinski definition) is 1. The summed E-state index contributed by atoms with van der Waals surface area (Å²) in [5.41, 5.74) is -0.143. The molecule has 8 nitrogen and oxygen atoms in total. The molecule has 4 aromatic rings. The average molecular weight is 447 g/mol. The summed E-state index contributed by atoms with van der Waals surface area (Å²) in [5, 5.41) is 6.60. The van der Waals surface area contributed by atoms with Gasteiger partial charge in [0.15, 0.2) is 16.9 Å². The van der Waals surface area contributed by atoms with Crippen LogP contribution in [-0.4, -0.2) is 31.1 Å². The van der Waals surface area contributed by atoms with E-state index in [0.717, 1.165) is 6.07 Å². The van der Waals surface area contributed by atoms with E-state index in [1.165, 1.54) is 17.6 Å². The van der Waals surface area contributed by atoms with E-state index in [0.29, 0.717) is 15.6 Å². The highest BCUT2D eigenvalue weighted by molar-refractivity contribution is 5.93. The van der Waals surface area contributed by atoms with Gasteiger partial charge in [0.2, 0.25) is 0 Å². The van der Waals surface area contributed by atoms with E-state index in [1.54, 1.807) is 24.3 Å². The van der Waals surface area contributed by atoms with Gasteiger partial charge in [0.05, 0.1) is 5.52 Å². The minimum atomic E-state index is -4.66. The van der Waals surface area contributed by atoms with Gasteiger partial charge in [-0.15, -0.1) is 0 Å². The Labute approximate surface area is 179 Å². The quantitative estimate of drug-likeness (QED) is 0.506. The fourth-order valence-corrected chi connectivity index (χ4v) is 3.46. The molecule has 3 aromatic heterocycles. The zero-order valence-electron chi connectivity index (χ0n) is 17.5. The van der Waals surface area contributed by atoms with Gasteiger partial charge < -0.3 is 9.73 Å². The number of carbonyl (C=O) groups excluding carboxylic acids is 1. The minimum Gasteiger partial charge on any atom is -0.408 e. The first-order valence-electron chi connectivity index (χ1n) is 9.88. The number of oxazole rings is 1. The Balaban J connectivity index is 1.64. The van der Waals surface area contributed by atoms with Crippen molar-refractivity contribution < 1.29 is 22.4 Å². The fourth-order valence-electron chi connectivity index (χ4n) is 3.46. The number of para-hydroxylation sites is 2. The number of rotatable bonds is 5. The number of aryl methyl sites for hydroxylation is 1. The second-order valence-corrected chi connectivity index (χ2v) is 7.85. The van der Waals surface area contributed by atoms with Crippen molar-refractivity contribution in [3.63, 3.8) is 0 Å². The predicted octanol–water partition coefficient (Wildman–Crippen LogP) is 3.42. The Morgan fingerprint density at radius 2 is 1.94 bits per heavy atom. The molecular formula is C21H20F3N5O3. The van der Waals surface area contributed by atoms with E-state index in [9.17, 15) is 22.8 Å². The highest BCUT2D eigenvalue weighted by Crippen LogP contribution is 2.29. The number of hydrogen-bond acceptors (Lipinski definition) is 5. The summed E-state index contributed by atoms with van der Waals surface area (Å²) in [7, 11) is 0. The topological polar surface area (TPSA) is 94.4 Å². The Morgan fingerprint density at radius 1 is 1.22 bits per heavy atom. The first-order valence-corrected chi connectivity index (χ1v) is 9.88. The van der Waals surface area contributed by atoms with Crippen LogP contribution in [-0.2, 0) is 12.7 Å². The van der Waals surface area contributed by atoms with E-state index in [1.807, 2.05) is 13.8 Å². The van der Waals surface area contributed by atoms with E-state index in [-0.39, 0.29) is 29.5 Å². The second kappa shape index (κ2) is 7.81. The average Bonchev–Trinajstić information content (AvgIpc) is 3.26. The molecule has 3 heterocycles. The van der Waals surface area contributed by atoms with Gasteiger partial charge >= 0.3 is 11.9 Å². The summed E-state index contributed by atoms with van der Waals surface area (Å²) in [4.78, 5) is 29.2. The highest BCUT2D eigenvalue weighted by Gasteiger charge is 2.35. The van der Waals surface area contributed by atoms with E-state index >= 15 is 0 Å². The maximum atomic E-state index is 13.4. The van der Waals surface area contributed by atoms with Gasteiger partial charge in [-0.2, -0.15) is 18.3 Å². The van der Waals surface area contributed by atoms with Crippen molar-refractivity contribution in [1.82, 2.24) is 24.5 Å². The molecule has 0 unspecified atom stereocenters. The van der Waals surface area contributed by atoms with Crippen molar-refractivity contribution in [2.24, 2.45) is 5.92 Å². The van der Waals surface area contributed by atoms with Crippen LogP contribution in [0.3, 0.4) is 0 Å². The molecule has 0 bridgehead atoms. The molecule has 11 heteroatoms. The highest BCUT2D eigenvalue weighted by atomic mass is 19.4. The molecule has 0 aliphatic rings. The maximum absolute atomic E-state index is 13.4. The molecule has 0 aliphatic carbocycles. The van der Waals surface area contributed by atoms with Crippen LogP contribution in [0, 0.1) is 12.8 Å². The van der Waals surface area contributed by atoms with Crippen LogP contribution in [0.4, 0.5) is 13.2 Å². The van der Waals surface area contributed by atoms with Gasteiger partial charge in [-0.25, -0.2) is 14.3 Å². The standard InChI is InChI=1S/C21H20F3N5O3/c1-11(2)14(10-28-15-6-4-5-7-16(15)32-20(28)31)26-19(30)13-9-18-25-12(3)8-17(21(22,23)24)29(18)27-13/h4-9,11,14H,10H2,1-3H3,(H,26,30)/t14-/m0/s1. The van der Waals surface area contributed by atoms with Crippen LogP contribution in [0.1, 0.15) is 35.7 Å². The summed E-state index contributed by atoms with van der Waals surface area (Å²) in [6, 6.07) is 8.46. The third kappa shape index (κ3) is 3.97. The van der Waals surface area contributed by atoms with Crippen LogP contribution in [0.5, 0.6) is 0 Å². The van der Waals surface area contributed by atoms with Crippen molar-refractivity contribution in [3.8, 4) is 0 Å². The molecule has 1 N–H and O–H groups in total. The first-order chi connectivity index (χ1) is 15.0. The lowest BCUT2D eigenvalue weighted by Crippen LogP contribution is -2.43. The number of aromatic nitrogens is 4. The summed E-state index contributed by atoms with van der Waals surface area (Å²) in [6.07, 6.45) is -4.66. The third-order valence-electron chi connectivity index (χ3n) is 5.15. The van der Waals surface area contributed by atoms with E-state index in [2.05, 4.69) is 15.4 Å². The predicted molar refractivity (Wildman–Crippen MR) is 109 cm³/mol. The summed E-state index contributed by atoms with van der Waals surface area (Å²) >= 11 is 0. The van der Waals surface area contributed by atoms with Crippen molar-refractivity contribution in [1.29, 1.82) is 0 Å². The van der Waals surface area contributed by atoms with Gasteiger partial charge in [-0.1, -0.05) is 26.0 Å². The number of carbonyl (C=O) groups is 1. The lowest BCUT2D eigenvalue weighted by molar-refractivity contribution is -0.142. The molecule has 0 radical (unpaired) electrons. The minimum absolute atomic E-state index is 0.0828. The molecule has 4 rings (SSSR count). The van der Waals surface area contributed by atoms with E-state index in [4.69, 9.17) is 4.42 Å². The van der Waals surface area contributed by atoms with Gasteiger partial charge in [-0.3, -0.25) is 9.36 Å². The largest absolute Gasteiger partial charge is 0.433 e. The molecule has 0 aliphatic heterocycles. The van der Waals surface area contributed by atoms with Crippen molar-refractivity contribution in [2.75, 3.05) is 0 Å². The van der Waals surface area contributed by atoms with Crippen molar-refractivity contribution in [3.05, 3.63) is 64.0 Å². The first kappa shape index (κ1) is 21.6. The van der Waals surface area contributed by atoms with Crippen molar-refractivity contribution in [2.45, 2.75) is 39.5 Å². The molecule has 32 heavy (non-hydrogen) atoms. The van der Waals surface area contributed by atoms with Crippen LogP contribution in [0.15, 0.2) is 45.6 Å². The Morgan fingerprint density at radius 3 is 2.62 bits per heavy atom. The number of fused-ring (bicyclic) bond motifs is 2. The van der Waals surface area contributed by atoms with Crippen LogP contribution in [0.2, 0.25) is 0 Å². The van der Waals surface area contributed by atoms with Crippen LogP contribution < -0.4 is 11.1 Å². The van der Waals surface area contributed by atoms with Gasteiger partial charge in [0.1, 0.15) is 5.69 Å². The lowest BCUT2D eigenvalue weighted by atomic mass is 10.0. The molecule has 1 atom stereocenters. The fraction of sp³-hybridized carbons (Fsp3) is 0.333. The summed E-state index contributed by atoms with van der Waals surface area (Å²) < 4.78 is 47.4. The van der Waals surface area contributed by atoms with Gasteiger partial charge in [0.25, 0.3) is 5.91 Å². The summed E-state index contributed by atoms with van der Waals surface area (Å²) in [6.45, 7) is 5.27. The molecule has 0 saturated carbocycles. The molecule has 1 aromatic carbocycles. The van der Waals surface area contributed by atoms with Gasteiger partial charge in [-0.05, 0) is 31.0 Å². The second-order valence-electron chi connectivity index (χ2n) is 7.85. The number of benzene rings is 1. The Hall–Kier alpha value is -3.63. The monoisotopic (exact) mass is 447 g/mol. The maximum Gasteiger partial charge on any atom is 0.433 e.